The minimum absolute atomic E-state index is 0.0141. The van der Waals surface area contributed by atoms with Gasteiger partial charge in [0.2, 0.25) is 5.91 Å². The molecule has 8 heteroatoms. The van der Waals surface area contributed by atoms with Crippen LogP contribution in [0.5, 0.6) is 0 Å². The minimum atomic E-state index is -0.833. The number of ether oxygens (including phenoxy) is 1. The van der Waals surface area contributed by atoms with Crippen molar-refractivity contribution in [1.29, 1.82) is 0 Å². The van der Waals surface area contributed by atoms with Crippen molar-refractivity contribution in [1.82, 2.24) is 15.1 Å². The lowest BCUT2D eigenvalue weighted by molar-refractivity contribution is -0.141. The fourth-order valence-electron chi connectivity index (χ4n) is 5.52. The van der Waals surface area contributed by atoms with Crippen LogP contribution < -0.4 is 5.32 Å². The zero-order valence-electron chi connectivity index (χ0n) is 19.7. The summed E-state index contributed by atoms with van der Waals surface area (Å²) in [7, 11) is 0. The molecule has 8 nitrogen and oxygen atoms in total. The first-order valence-corrected chi connectivity index (χ1v) is 12.3. The Labute approximate surface area is 204 Å². The molecule has 2 amide bonds. The van der Waals surface area contributed by atoms with Crippen LogP contribution in [0.2, 0.25) is 0 Å². The molecule has 2 aliphatic heterocycles. The molecule has 0 spiro atoms. The van der Waals surface area contributed by atoms with E-state index in [0.717, 1.165) is 12.8 Å². The number of benzene rings is 2. The van der Waals surface area contributed by atoms with Gasteiger partial charge in [0.05, 0.1) is 12.5 Å². The van der Waals surface area contributed by atoms with Crippen LogP contribution in [-0.4, -0.2) is 78.2 Å². The third-order valence-electron chi connectivity index (χ3n) is 7.50. The zero-order valence-corrected chi connectivity index (χ0v) is 19.7. The Balaban J connectivity index is 1.07. The highest BCUT2D eigenvalue weighted by Crippen LogP contribution is 2.44. The highest BCUT2D eigenvalue weighted by atomic mass is 16.5. The Morgan fingerprint density at radius 1 is 0.914 bits per heavy atom. The van der Waals surface area contributed by atoms with Gasteiger partial charge in [0.25, 0.3) is 0 Å². The van der Waals surface area contributed by atoms with E-state index in [0.29, 0.717) is 45.8 Å². The monoisotopic (exact) mass is 477 g/mol. The Hall–Kier alpha value is -3.39. The molecule has 3 aliphatic rings. The average Bonchev–Trinajstić information content (AvgIpc) is 3.48. The number of hydrogen-bond donors (Lipinski definition) is 2. The average molecular weight is 478 g/mol. The summed E-state index contributed by atoms with van der Waals surface area (Å²) in [6.07, 6.45) is 1.61. The van der Waals surface area contributed by atoms with E-state index in [4.69, 9.17) is 9.84 Å². The highest BCUT2D eigenvalue weighted by Gasteiger charge is 2.32. The van der Waals surface area contributed by atoms with Crippen molar-refractivity contribution >= 4 is 18.0 Å². The number of rotatable bonds is 6. The van der Waals surface area contributed by atoms with E-state index in [9.17, 15) is 14.4 Å². The summed E-state index contributed by atoms with van der Waals surface area (Å²) in [5.74, 6) is -1.27. The third kappa shape index (κ3) is 5.03. The quantitative estimate of drug-likeness (QED) is 0.664. The number of nitrogens with one attached hydrogen (secondary N) is 1. The largest absolute Gasteiger partial charge is 0.481 e. The molecular weight excluding hydrogens is 446 g/mol. The van der Waals surface area contributed by atoms with E-state index in [1.165, 1.54) is 22.3 Å². The first kappa shape index (κ1) is 23.4. The molecule has 2 saturated heterocycles. The van der Waals surface area contributed by atoms with Crippen LogP contribution in [0, 0.1) is 5.92 Å². The van der Waals surface area contributed by atoms with Gasteiger partial charge in [-0.15, -0.1) is 0 Å². The number of carbonyl (C=O) groups is 3. The molecule has 35 heavy (non-hydrogen) atoms. The molecule has 0 aromatic heterocycles. The molecule has 2 heterocycles. The van der Waals surface area contributed by atoms with Gasteiger partial charge in [0, 0.05) is 38.1 Å². The number of carbonyl (C=O) groups excluding carboxylic acids is 2. The third-order valence-corrected chi connectivity index (χ3v) is 7.50. The van der Waals surface area contributed by atoms with Gasteiger partial charge in [-0.3, -0.25) is 14.5 Å². The Kier molecular flexibility index (Phi) is 6.72. The van der Waals surface area contributed by atoms with Crippen LogP contribution in [0.1, 0.15) is 36.3 Å². The molecule has 2 fully saturated rings. The summed E-state index contributed by atoms with van der Waals surface area (Å²) in [5.41, 5.74) is 4.78. The first-order valence-electron chi connectivity index (χ1n) is 12.3. The van der Waals surface area contributed by atoms with E-state index in [-0.39, 0.29) is 17.9 Å². The molecule has 0 radical (unpaired) electrons. The van der Waals surface area contributed by atoms with E-state index >= 15 is 0 Å². The molecule has 1 aliphatic carbocycles. The molecular formula is C27H31N3O5. The maximum atomic E-state index is 12.6. The van der Waals surface area contributed by atoms with Gasteiger partial charge in [0.1, 0.15) is 6.61 Å². The van der Waals surface area contributed by atoms with E-state index in [2.05, 4.69) is 34.5 Å². The molecule has 0 saturated carbocycles. The van der Waals surface area contributed by atoms with Crippen molar-refractivity contribution in [3.05, 3.63) is 59.7 Å². The summed E-state index contributed by atoms with van der Waals surface area (Å²) >= 11 is 0. The van der Waals surface area contributed by atoms with Gasteiger partial charge in [-0.05, 0) is 41.5 Å². The standard InChI is InChI=1S/C27H31N3O5/c31-25(30-14-9-18(15-30)26(32)33)16-29-12-10-19(11-13-29)28-27(34)35-17-24-22-7-3-1-5-20(22)21-6-2-4-8-23(21)24/h1-8,18-19,24H,9-17H2,(H,28,34)(H,32,33). The number of nitrogens with zero attached hydrogens (tertiary/aromatic N) is 2. The number of carboxylic acid groups (broad SMARTS) is 1. The maximum Gasteiger partial charge on any atom is 0.407 e. The summed E-state index contributed by atoms with van der Waals surface area (Å²) < 4.78 is 5.66. The lowest BCUT2D eigenvalue weighted by atomic mass is 9.98. The summed E-state index contributed by atoms with van der Waals surface area (Å²) in [5, 5.41) is 12.1. The van der Waals surface area contributed by atoms with Crippen LogP contribution in [0.25, 0.3) is 11.1 Å². The normalized spacial score (nSPS) is 20.3. The number of aliphatic carboxylic acids is 1. The van der Waals surface area contributed by atoms with Gasteiger partial charge < -0.3 is 20.1 Å². The van der Waals surface area contributed by atoms with Gasteiger partial charge in [-0.25, -0.2) is 4.79 Å². The maximum absolute atomic E-state index is 12.6. The van der Waals surface area contributed by atoms with Crippen molar-refractivity contribution < 1.29 is 24.2 Å². The van der Waals surface area contributed by atoms with Crippen LogP contribution in [0.3, 0.4) is 0 Å². The molecule has 2 aromatic carbocycles. The van der Waals surface area contributed by atoms with Gasteiger partial charge in [-0.2, -0.15) is 0 Å². The van der Waals surface area contributed by atoms with Crippen molar-refractivity contribution in [2.75, 3.05) is 39.3 Å². The lowest BCUT2D eigenvalue weighted by Crippen LogP contribution is -2.48. The lowest BCUT2D eigenvalue weighted by Gasteiger charge is -2.32. The smallest absolute Gasteiger partial charge is 0.407 e. The number of alkyl carbamates (subject to hydrolysis) is 1. The highest BCUT2D eigenvalue weighted by molar-refractivity contribution is 5.80. The Morgan fingerprint density at radius 2 is 1.54 bits per heavy atom. The van der Waals surface area contributed by atoms with Crippen LogP contribution in [-0.2, 0) is 14.3 Å². The molecule has 0 bridgehead atoms. The van der Waals surface area contributed by atoms with Crippen molar-refractivity contribution in [3.63, 3.8) is 0 Å². The predicted molar refractivity (Wildman–Crippen MR) is 130 cm³/mol. The SMILES string of the molecule is O=C(NC1CCN(CC(=O)N2CCC(C(=O)O)C2)CC1)OCC1c2ccccc2-c2ccccc21. The summed E-state index contributed by atoms with van der Waals surface area (Å²) in [6, 6.07) is 16.5. The second kappa shape index (κ2) is 10.1. The number of amides is 2. The topological polar surface area (TPSA) is 99.2 Å². The Bertz CT molecular complexity index is 1070. The summed E-state index contributed by atoms with van der Waals surface area (Å²) in [6.45, 7) is 2.81. The number of piperidine rings is 1. The predicted octanol–water partition coefficient (Wildman–Crippen LogP) is 2.92. The van der Waals surface area contributed by atoms with E-state index < -0.39 is 18.0 Å². The van der Waals surface area contributed by atoms with Crippen LogP contribution in [0.15, 0.2) is 48.5 Å². The minimum Gasteiger partial charge on any atom is -0.481 e. The molecule has 2 aromatic rings. The van der Waals surface area contributed by atoms with E-state index in [1.54, 1.807) is 4.90 Å². The number of carboxylic acids is 1. The van der Waals surface area contributed by atoms with Crippen LogP contribution in [0.4, 0.5) is 4.79 Å². The second-order valence-corrected chi connectivity index (χ2v) is 9.68. The molecule has 1 atom stereocenters. The van der Waals surface area contributed by atoms with Gasteiger partial charge >= 0.3 is 12.1 Å². The van der Waals surface area contributed by atoms with Crippen molar-refractivity contribution in [3.8, 4) is 11.1 Å². The zero-order chi connectivity index (χ0) is 24.4. The fourth-order valence-corrected chi connectivity index (χ4v) is 5.52. The number of hydrogen-bond acceptors (Lipinski definition) is 5. The van der Waals surface area contributed by atoms with Crippen LogP contribution >= 0.6 is 0 Å². The molecule has 2 N–H and O–H groups in total. The first-order chi connectivity index (χ1) is 17.0. The van der Waals surface area contributed by atoms with Crippen molar-refractivity contribution in [2.24, 2.45) is 5.92 Å². The number of fused-ring (bicyclic) bond motifs is 3. The van der Waals surface area contributed by atoms with Gasteiger partial charge in [0.15, 0.2) is 0 Å². The molecule has 184 valence electrons. The summed E-state index contributed by atoms with van der Waals surface area (Å²) in [4.78, 5) is 39.9. The Morgan fingerprint density at radius 3 is 2.14 bits per heavy atom. The van der Waals surface area contributed by atoms with E-state index in [1.807, 2.05) is 24.3 Å². The van der Waals surface area contributed by atoms with Crippen molar-refractivity contribution in [2.45, 2.75) is 31.2 Å². The fraction of sp³-hybridized carbons (Fsp3) is 0.444. The molecule has 5 rings (SSSR count). The second-order valence-electron chi connectivity index (χ2n) is 9.68. The molecule has 1 unspecified atom stereocenters. The van der Waals surface area contributed by atoms with Gasteiger partial charge in [-0.1, -0.05) is 48.5 Å². The number of likely N-dealkylation sites (tertiary alicyclic amines) is 2.